The molecule has 1 aromatic heterocycles. The second-order valence-corrected chi connectivity index (χ2v) is 5.43. The monoisotopic (exact) mass is 229 g/mol. The number of nitrogens with one attached hydrogen (secondary N) is 1. The van der Waals surface area contributed by atoms with Crippen LogP contribution in [0.4, 0.5) is 0 Å². The molecule has 1 N–H and O–H groups in total. The lowest BCUT2D eigenvalue weighted by Gasteiger charge is -2.03. The Hall–Kier alpha value is -0.680. The van der Waals surface area contributed by atoms with Crippen molar-refractivity contribution in [2.45, 2.75) is 26.4 Å². The van der Waals surface area contributed by atoms with Gasteiger partial charge in [0.15, 0.2) is 0 Å². The number of rotatable bonds is 6. The van der Waals surface area contributed by atoms with Crippen molar-refractivity contribution in [1.29, 1.82) is 0 Å². The summed E-state index contributed by atoms with van der Waals surface area (Å²) in [6.07, 6.45) is 5.63. The molecule has 1 atom stereocenters. The van der Waals surface area contributed by atoms with Crippen LogP contribution in [-0.4, -0.2) is 32.5 Å². The Morgan fingerprint density at radius 3 is 2.87 bits per heavy atom. The molecule has 1 unspecified atom stereocenters. The molecule has 0 bridgehead atoms. The molecule has 0 spiro atoms. The molecule has 5 heteroatoms. The Morgan fingerprint density at radius 2 is 2.33 bits per heavy atom. The number of nitrogens with zero attached hydrogens (tertiary/aromatic N) is 2. The van der Waals surface area contributed by atoms with Crippen molar-refractivity contribution in [3.63, 3.8) is 0 Å². The van der Waals surface area contributed by atoms with Crippen LogP contribution in [0.1, 0.15) is 25.5 Å². The summed E-state index contributed by atoms with van der Waals surface area (Å²) in [6.45, 7) is 5.79. The van der Waals surface area contributed by atoms with Gasteiger partial charge in [0.1, 0.15) is 0 Å². The fraction of sp³-hybridized carbons (Fsp3) is 0.700. The average Bonchev–Trinajstić information content (AvgIpc) is 2.60. The summed E-state index contributed by atoms with van der Waals surface area (Å²) in [5.41, 5.74) is 1.17. The second-order valence-electron chi connectivity index (χ2n) is 3.88. The van der Waals surface area contributed by atoms with Gasteiger partial charge in [0.05, 0.1) is 6.20 Å². The van der Waals surface area contributed by atoms with Gasteiger partial charge in [-0.15, -0.1) is 0 Å². The minimum atomic E-state index is -0.709. The summed E-state index contributed by atoms with van der Waals surface area (Å²) in [5.74, 6) is 0.707. The third kappa shape index (κ3) is 4.57. The first kappa shape index (κ1) is 12.4. The van der Waals surface area contributed by atoms with Gasteiger partial charge < -0.3 is 5.32 Å². The van der Waals surface area contributed by atoms with Crippen LogP contribution in [-0.2, 0) is 17.3 Å². The Bertz CT molecular complexity index is 322. The molecular weight excluding hydrogens is 210 g/mol. The van der Waals surface area contributed by atoms with Gasteiger partial charge >= 0.3 is 0 Å². The minimum absolute atomic E-state index is 0.405. The maximum atomic E-state index is 10.8. The van der Waals surface area contributed by atoms with E-state index in [0.717, 1.165) is 13.1 Å². The third-order valence-corrected chi connectivity index (χ3v) is 2.86. The fourth-order valence-electron chi connectivity index (χ4n) is 1.20. The van der Waals surface area contributed by atoms with E-state index in [2.05, 4.69) is 24.3 Å². The van der Waals surface area contributed by atoms with Crippen LogP contribution in [0.5, 0.6) is 0 Å². The quantitative estimate of drug-likeness (QED) is 0.738. The normalized spacial score (nSPS) is 13.3. The van der Waals surface area contributed by atoms with E-state index in [0.29, 0.717) is 11.8 Å². The zero-order valence-electron chi connectivity index (χ0n) is 9.56. The molecule has 0 aliphatic rings. The molecular formula is C10H19N3OS. The Morgan fingerprint density at radius 1 is 1.60 bits per heavy atom. The van der Waals surface area contributed by atoms with Crippen molar-refractivity contribution in [2.75, 3.05) is 18.6 Å². The van der Waals surface area contributed by atoms with E-state index in [4.69, 9.17) is 0 Å². The zero-order chi connectivity index (χ0) is 11.3. The molecule has 0 aromatic carbocycles. The summed E-state index contributed by atoms with van der Waals surface area (Å²) in [7, 11) is -0.709. The largest absolute Gasteiger partial charge is 0.312 e. The molecule has 0 radical (unpaired) electrons. The Balaban J connectivity index is 2.28. The van der Waals surface area contributed by atoms with E-state index in [9.17, 15) is 4.21 Å². The van der Waals surface area contributed by atoms with E-state index < -0.39 is 10.8 Å². The van der Waals surface area contributed by atoms with Crippen LogP contribution in [0.25, 0.3) is 0 Å². The van der Waals surface area contributed by atoms with E-state index in [1.807, 2.05) is 17.1 Å². The van der Waals surface area contributed by atoms with E-state index >= 15 is 0 Å². The molecule has 4 nitrogen and oxygen atoms in total. The lowest BCUT2D eigenvalue weighted by atomic mass is 10.3. The van der Waals surface area contributed by atoms with Gasteiger partial charge in [0.2, 0.25) is 0 Å². The van der Waals surface area contributed by atoms with Crippen LogP contribution < -0.4 is 5.32 Å². The van der Waals surface area contributed by atoms with Gasteiger partial charge in [-0.1, -0.05) is 0 Å². The molecule has 0 saturated carbocycles. The van der Waals surface area contributed by atoms with Gasteiger partial charge in [0, 0.05) is 53.7 Å². The predicted octanol–water partition coefficient (Wildman–Crippen LogP) is 0.932. The van der Waals surface area contributed by atoms with Gasteiger partial charge in [-0.05, 0) is 13.8 Å². The van der Waals surface area contributed by atoms with Crippen molar-refractivity contribution in [2.24, 2.45) is 0 Å². The third-order valence-electron chi connectivity index (χ3n) is 2.08. The highest BCUT2D eigenvalue weighted by atomic mass is 32.2. The second kappa shape index (κ2) is 6.02. The standard InChI is InChI=1S/C10H19N3OS/c1-9(2)13-8-10(7-12-13)6-11-4-5-15(3)14/h7-9,11H,4-6H2,1-3H3. The highest BCUT2D eigenvalue weighted by molar-refractivity contribution is 7.84. The molecule has 1 rings (SSSR count). The van der Waals surface area contributed by atoms with Gasteiger partial charge in [-0.2, -0.15) is 5.10 Å². The maximum Gasteiger partial charge on any atom is 0.0534 e. The molecule has 1 heterocycles. The summed E-state index contributed by atoms with van der Waals surface area (Å²) in [5, 5.41) is 7.49. The van der Waals surface area contributed by atoms with Crippen molar-refractivity contribution in [3.05, 3.63) is 18.0 Å². The first-order chi connectivity index (χ1) is 7.09. The first-order valence-electron chi connectivity index (χ1n) is 5.13. The zero-order valence-corrected chi connectivity index (χ0v) is 10.4. The van der Waals surface area contributed by atoms with Crippen LogP contribution in [0, 0.1) is 0 Å². The van der Waals surface area contributed by atoms with Crippen LogP contribution >= 0.6 is 0 Å². The molecule has 0 fully saturated rings. The van der Waals surface area contributed by atoms with E-state index in [1.165, 1.54) is 5.56 Å². The summed E-state index contributed by atoms with van der Waals surface area (Å²) >= 11 is 0. The minimum Gasteiger partial charge on any atom is -0.312 e. The van der Waals surface area contributed by atoms with Crippen LogP contribution in [0.2, 0.25) is 0 Å². The molecule has 0 aliphatic carbocycles. The van der Waals surface area contributed by atoms with Gasteiger partial charge in [-0.25, -0.2) is 0 Å². The fourth-order valence-corrected chi connectivity index (χ4v) is 1.63. The summed E-state index contributed by atoms with van der Waals surface area (Å²) in [4.78, 5) is 0. The molecule has 0 aliphatic heterocycles. The van der Waals surface area contributed by atoms with Crippen LogP contribution in [0.3, 0.4) is 0 Å². The number of hydrogen-bond acceptors (Lipinski definition) is 3. The van der Waals surface area contributed by atoms with Crippen molar-refractivity contribution in [1.82, 2.24) is 15.1 Å². The lowest BCUT2D eigenvalue weighted by molar-refractivity contribution is 0.531. The van der Waals surface area contributed by atoms with Gasteiger partial charge in [-0.3, -0.25) is 8.89 Å². The van der Waals surface area contributed by atoms with Crippen molar-refractivity contribution >= 4 is 10.8 Å². The Labute approximate surface area is 93.5 Å². The number of aromatic nitrogens is 2. The number of hydrogen-bond donors (Lipinski definition) is 1. The molecule has 0 saturated heterocycles. The predicted molar refractivity (Wildman–Crippen MR) is 63.3 cm³/mol. The average molecular weight is 229 g/mol. The topological polar surface area (TPSA) is 46.9 Å². The molecule has 0 amide bonds. The first-order valence-corrected chi connectivity index (χ1v) is 6.86. The smallest absolute Gasteiger partial charge is 0.0534 e. The molecule has 86 valence electrons. The van der Waals surface area contributed by atoms with Gasteiger partial charge in [0.25, 0.3) is 0 Å². The highest BCUT2D eigenvalue weighted by Crippen LogP contribution is 2.04. The maximum absolute atomic E-state index is 10.8. The summed E-state index contributed by atoms with van der Waals surface area (Å²) < 4.78 is 12.7. The van der Waals surface area contributed by atoms with Crippen molar-refractivity contribution in [3.8, 4) is 0 Å². The van der Waals surface area contributed by atoms with Crippen LogP contribution in [0.15, 0.2) is 12.4 Å². The van der Waals surface area contributed by atoms with E-state index in [-0.39, 0.29) is 0 Å². The lowest BCUT2D eigenvalue weighted by Crippen LogP contribution is -2.19. The van der Waals surface area contributed by atoms with Crippen molar-refractivity contribution < 1.29 is 4.21 Å². The Kier molecular flexibility index (Phi) is 4.98. The van der Waals surface area contributed by atoms with E-state index in [1.54, 1.807) is 6.26 Å². The SMILES string of the molecule is CC(C)n1cc(CNCCS(C)=O)cn1. The highest BCUT2D eigenvalue weighted by Gasteiger charge is 2.01. The molecule has 15 heavy (non-hydrogen) atoms. The molecule has 1 aromatic rings. The summed E-state index contributed by atoms with van der Waals surface area (Å²) in [6, 6.07) is 0.405.